The molecule has 0 amide bonds. The van der Waals surface area contributed by atoms with Crippen molar-refractivity contribution in [2.24, 2.45) is 0 Å². The van der Waals surface area contributed by atoms with Gasteiger partial charge in [-0.2, -0.15) is 0 Å². The molecule has 0 saturated heterocycles. The van der Waals surface area contributed by atoms with Gasteiger partial charge in [-0.15, -0.1) is 26.3 Å². The second kappa shape index (κ2) is 44.5. The summed E-state index contributed by atoms with van der Waals surface area (Å²) in [6.07, 6.45) is 38.9. The molecule has 0 aromatic heterocycles. The molecule has 0 aliphatic heterocycles. The van der Waals surface area contributed by atoms with Crippen LogP contribution in [0.2, 0.25) is 0 Å². The molecular weight excluding hydrogens is 881 g/mol. The molecule has 71 heavy (non-hydrogen) atoms. The lowest BCUT2D eigenvalue weighted by molar-refractivity contribution is -0.00650. The van der Waals surface area contributed by atoms with Crippen LogP contribution in [-0.4, -0.2) is 64.1 Å². The fraction of sp³-hybridized carbons (Fsp3) is 0.531. The van der Waals surface area contributed by atoms with Gasteiger partial charge in [0.2, 0.25) is 0 Å². The Morgan fingerprint density at radius 2 is 0.606 bits per heavy atom. The van der Waals surface area contributed by atoms with Crippen LogP contribution in [0.25, 0.3) is 0 Å². The van der Waals surface area contributed by atoms with Crippen molar-refractivity contribution in [3.63, 3.8) is 0 Å². The van der Waals surface area contributed by atoms with Crippen LogP contribution in [0.4, 0.5) is 0 Å². The van der Waals surface area contributed by atoms with Crippen molar-refractivity contribution >= 4 is 0 Å². The van der Waals surface area contributed by atoms with E-state index >= 15 is 0 Å². The predicted molar refractivity (Wildman–Crippen MR) is 297 cm³/mol. The lowest BCUT2D eigenvalue weighted by atomic mass is 10.0. The summed E-state index contributed by atoms with van der Waals surface area (Å²) in [5, 5.41) is 0. The minimum Gasteiger partial charge on any atom is -0.376 e. The molecule has 0 saturated carbocycles. The van der Waals surface area contributed by atoms with Crippen LogP contribution in [0.5, 0.6) is 0 Å². The van der Waals surface area contributed by atoms with E-state index in [0.717, 1.165) is 134 Å². The predicted octanol–water partition coefficient (Wildman–Crippen LogP) is 16.3. The maximum Gasteiger partial charge on any atom is 0.0720 e. The molecule has 0 aliphatic rings. The Balaban J connectivity index is 1.28. The van der Waals surface area contributed by atoms with Gasteiger partial charge >= 0.3 is 0 Å². The highest BCUT2D eigenvalue weighted by atomic mass is 16.5. The maximum atomic E-state index is 6.49. The van der Waals surface area contributed by atoms with E-state index in [1.165, 1.54) is 16.7 Å². The van der Waals surface area contributed by atoms with Crippen molar-refractivity contribution in [3.8, 4) is 0 Å². The van der Waals surface area contributed by atoms with E-state index in [1.807, 2.05) is 60.7 Å². The molecule has 4 atom stereocenters. The largest absolute Gasteiger partial charge is 0.376 e. The number of hydrogen-bond acceptors (Lipinski definition) is 7. The van der Waals surface area contributed by atoms with Crippen molar-refractivity contribution in [3.05, 3.63) is 182 Å². The first-order chi connectivity index (χ1) is 35.1. The van der Waals surface area contributed by atoms with Gasteiger partial charge in [0.1, 0.15) is 0 Å². The Bertz CT molecular complexity index is 1760. The molecule has 0 bridgehead atoms. The molecule has 7 nitrogen and oxygen atoms in total. The third kappa shape index (κ3) is 34.0. The molecule has 0 fully saturated rings. The second-order valence-corrected chi connectivity index (χ2v) is 18.5. The first-order valence-corrected chi connectivity index (χ1v) is 27.2. The van der Waals surface area contributed by atoms with Gasteiger partial charge in [0, 0.05) is 0 Å². The topological polar surface area (TPSA) is 64.6 Å². The maximum absolute atomic E-state index is 6.49. The highest BCUT2D eigenvalue weighted by Gasteiger charge is 2.12. The van der Waals surface area contributed by atoms with E-state index in [9.17, 15) is 0 Å². The zero-order valence-electron chi connectivity index (χ0n) is 43.9. The van der Waals surface area contributed by atoms with Crippen LogP contribution in [0.15, 0.2) is 160 Å². The fourth-order valence-electron chi connectivity index (χ4n) is 8.28. The smallest absolute Gasteiger partial charge is 0.0720 e. The minimum absolute atomic E-state index is 0.221. The van der Waals surface area contributed by atoms with Gasteiger partial charge in [-0.1, -0.05) is 134 Å². The minimum atomic E-state index is 0.221. The first-order valence-electron chi connectivity index (χ1n) is 27.2. The standard InChI is InChI=1S/C64H94O7/c1-5-9-21-37-63(41-29-17-13-15-27-39-61(35-11-7-3)68-50-47-65-53-57-31-23-19-24-32-57)70-52-49-67-55-59-43-45-60(46-44-59)56-71-64(38-22-10-6-2)42-30-18-14-16-28-40-62(36-12-8-4)69-51-48-66-54-58-33-25-20-26-34-58/h5-8,13-14,17-20,23-26,31-34,43-46,61-64H,1-4,9-12,15-16,21-22,27-30,35-42,47-56H2/b17-13+,18-14+. The summed E-state index contributed by atoms with van der Waals surface area (Å²) in [6, 6.07) is 29.2. The average molecular weight is 975 g/mol. The van der Waals surface area contributed by atoms with Gasteiger partial charge in [-0.05, 0) is 151 Å². The average Bonchev–Trinajstić information content (AvgIpc) is 3.40. The number of benzene rings is 3. The van der Waals surface area contributed by atoms with E-state index in [0.29, 0.717) is 66.1 Å². The number of hydrogen-bond donors (Lipinski definition) is 0. The van der Waals surface area contributed by atoms with Gasteiger partial charge in [-0.25, -0.2) is 0 Å². The highest BCUT2D eigenvalue weighted by Crippen LogP contribution is 2.19. The lowest BCUT2D eigenvalue weighted by Crippen LogP contribution is -2.16. The number of ether oxygens (including phenoxy) is 7. The van der Waals surface area contributed by atoms with Gasteiger partial charge in [0.15, 0.2) is 0 Å². The molecule has 3 rings (SSSR count). The summed E-state index contributed by atoms with van der Waals surface area (Å²) in [7, 11) is 0. The zero-order chi connectivity index (χ0) is 50.3. The summed E-state index contributed by atoms with van der Waals surface area (Å²) in [5.74, 6) is 0. The molecule has 3 aromatic carbocycles. The zero-order valence-corrected chi connectivity index (χ0v) is 43.9. The van der Waals surface area contributed by atoms with Crippen molar-refractivity contribution < 1.29 is 33.2 Å². The molecule has 392 valence electrons. The van der Waals surface area contributed by atoms with Crippen molar-refractivity contribution in [2.75, 3.05) is 39.6 Å². The number of unbranched alkanes of at least 4 members (excludes halogenated alkanes) is 4. The van der Waals surface area contributed by atoms with Crippen molar-refractivity contribution in [2.45, 2.75) is 179 Å². The SMILES string of the molecule is C=CCCCC(CC/C=C/CCCC(CCC=C)OCCOCc1ccccc1)OCCOCc1ccc(COC(CC/C=C/CCCC(CCC=C)OCCOCc2ccccc2)CCCC=C)cc1. The van der Waals surface area contributed by atoms with E-state index in [-0.39, 0.29) is 24.4 Å². The van der Waals surface area contributed by atoms with Gasteiger partial charge in [0.05, 0.1) is 90.5 Å². The second-order valence-electron chi connectivity index (χ2n) is 18.5. The summed E-state index contributed by atoms with van der Waals surface area (Å²) in [4.78, 5) is 0. The fourth-order valence-corrected chi connectivity index (χ4v) is 8.28. The molecule has 7 heteroatoms. The van der Waals surface area contributed by atoms with Crippen molar-refractivity contribution in [1.29, 1.82) is 0 Å². The van der Waals surface area contributed by atoms with E-state index in [1.54, 1.807) is 0 Å². The third-order valence-electron chi connectivity index (χ3n) is 12.4. The molecule has 0 N–H and O–H groups in total. The van der Waals surface area contributed by atoms with Gasteiger partial charge in [-0.3, -0.25) is 0 Å². The Morgan fingerprint density at radius 1 is 0.296 bits per heavy atom. The van der Waals surface area contributed by atoms with Gasteiger partial charge < -0.3 is 33.2 Å². The summed E-state index contributed by atoms with van der Waals surface area (Å²) in [6.45, 7) is 21.7. The number of allylic oxidation sites excluding steroid dienone is 8. The molecule has 0 aliphatic carbocycles. The normalized spacial score (nSPS) is 13.4. The van der Waals surface area contributed by atoms with Crippen LogP contribution in [0, 0.1) is 0 Å². The summed E-state index contributed by atoms with van der Waals surface area (Å²) < 4.78 is 43.0. The first kappa shape index (κ1) is 61.1. The summed E-state index contributed by atoms with van der Waals surface area (Å²) >= 11 is 0. The number of rotatable bonds is 49. The van der Waals surface area contributed by atoms with E-state index < -0.39 is 0 Å². The van der Waals surface area contributed by atoms with Crippen LogP contribution in [-0.2, 0) is 59.6 Å². The molecule has 0 spiro atoms. The molecular formula is C64H94O7. The monoisotopic (exact) mass is 975 g/mol. The molecule has 0 heterocycles. The Labute approximate surface area is 432 Å². The Kier molecular flexibility index (Phi) is 38.3. The molecule has 3 aromatic rings. The van der Waals surface area contributed by atoms with Crippen LogP contribution in [0.1, 0.15) is 151 Å². The van der Waals surface area contributed by atoms with E-state index in [4.69, 9.17) is 33.2 Å². The quantitative estimate of drug-likeness (QED) is 0.0412. The highest BCUT2D eigenvalue weighted by molar-refractivity contribution is 5.21. The van der Waals surface area contributed by atoms with Crippen LogP contribution in [0.3, 0.4) is 0 Å². The van der Waals surface area contributed by atoms with Crippen molar-refractivity contribution in [1.82, 2.24) is 0 Å². The summed E-state index contributed by atoms with van der Waals surface area (Å²) in [5.41, 5.74) is 4.72. The van der Waals surface area contributed by atoms with Gasteiger partial charge in [0.25, 0.3) is 0 Å². The van der Waals surface area contributed by atoms with E-state index in [2.05, 4.69) is 99.2 Å². The Hall–Kier alpha value is -4.18. The van der Waals surface area contributed by atoms with Crippen LogP contribution < -0.4 is 0 Å². The molecule has 4 unspecified atom stereocenters. The van der Waals surface area contributed by atoms with Crippen LogP contribution >= 0.6 is 0 Å². The molecule has 0 radical (unpaired) electrons. The third-order valence-corrected chi connectivity index (χ3v) is 12.4. The lowest BCUT2D eigenvalue weighted by Gasteiger charge is -2.18. The Morgan fingerprint density at radius 3 is 0.986 bits per heavy atom.